The number of esters is 1. The number of halogens is 1. The molecule has 0 atom stereocenters. The molecule has 0 amide bonds. The maximum absolute atomic E-state index is 11.5. The highest BCUT2D eigenvalue weighted by Crippen LogP contribution is 2.32. The van der Waals surface area contributed by atoms with Gasteiger partial charge in [-0.05, 0) is 47.4 Å². The average Bonchev–Trinajstić information content (AvgIpc) is 2.98. The molecule has 1 aliphatic rings. The lowest BCUT2D eigenvalue weighted by Gasteiger charge is -2.04. The minimum absolute atomic E-state index is 0.249. The second kappa shape index (κ2) is 4.69. The Morgan fingerprint density at radius 1 is 1.73 bits per heavy atom. The van der Waals surface area contributed by atoms with Crippen molar-refractivity contribution < 1.29 is 9.53 Å². The van der Waals surface area contributed by atoms with Crippen LogP contribution in [0.5, 0.6) is 0 Å². The van der Waals surface area contributed by atoms with E-state index in [4.69, 9.17) is 4.74 Å². The van der Waals surface area contributed by atoms with E-state index in [2.05, 4.69) is 27.9 Å². The Bertz CT molecular complexity index is 373. The van der Waals surface area contributed by atoms with Crippen LogP contribution in [0.1, 0.15) is 22.5 Å². The van der Waals surface area contributed by atoms with Crippen molar-refractivity contribution in [1.82, 2.24) is 0 Å². The number of carbonyl (C=O) groups excluding carboxylic acids is 1. The van der Waals surface area contributed by atoms with Crippen LogP contribution in [0.3, 0.4) is 0 Å². The quantitative estimate of drug-likeness (QED) is 0.678. The SMILES string of the molecule is COC(=O)c1sc(I)cc1NCC1CC1. The molecule has 5 heteroatoms. The Kier molecular flexibility index (Phi) is 3.50. The normalized spacial score (nSPS) is 15.1. The maximum Gasteiger partial charge on any atom is 0.350 e. The number of carbonyl (C=O) groups is 1. The summed E-state index contributed by atoms with van der Waals surface area (Å²) in [6, 6.07) is 2.00. The van der Waals surface area contributed by atoms with Crippen LogP contribution in [0.2, 0.25) is 0 Å². The third kappa shape index (κ3) is 2.84. The zero-order valence-corrected chi connectivity index (χ0v) is 11.4. The van der Waals surface area contributed by atoms with E-state index in [1.54, 1.807) is 0 Å². The van der Waals surface area contributed by atoms with E-state index in [1.165, 1.54) is 31.3 Å². The van der Waals surface area contributed by atoms with E-state index in [0.717, 1.165) is 21.0 Å². The van der Waals surface area contributed by atoms with Crippen molar-refractivity contribution in [2.45, 2.75) is 12.8 Å². The summed E-state index contributed by atoms with van der Waals surface area (Å²) >= 11 is 3.69. The summed E-state index contributed by atoms with van der Waals surface area (Å²) < 4.78 is 5.84. The molecule has 1 heterocycles. The molecule has 2 rings (SSSR count). The summed E-state index contributed by atoms with van der Waals surface area (Å²) in [6.45, 7) is 0.969. The van der Waals surface area contributed by atoms with Crippen LogP contribution >= 0.6 is 33.9 Å². The molecule has 0 unspecified atom stereocenters. The van der Waals surface area contributed by atoms with Gasteiger partial charge in [-0.25, -0.2) is 4.79 Å². The first-order valence-electron chi connectivity index (χ1n) is 4.82. The average molecular weight is 337 g/mol. The summed E-state index contributed by atoms with van der Waals surface area (Å²) in [5.74, 6) is 0.550. The van der Waals surface area contributed by atoms with Gasteiger partial charge in [0.2, 0.25) is 0 Å². The Morgan fingerprint density at radius 2 is 2.47 bits per heavy atom. The largest absolute Gasteiger partial charge is 0.465 e. The van der Waals surface area contributed by atoms with Crippen molar-refractivity contribution in [3.63, 3.8) is 0 Å². The highest BCUT2D eigenvalue weighted by atomic mass is 127. The predicted octanol–water partition coefficient (Wildman–Crippen LogP) is 2.96. The van der Waals surface area contributed by atoms with E-state index >= 15 is 0 Å². The van der Waals surface area contributed by atoms with Crippen molar-refractivity contribution in [3.8, 4) is 0 Å². The van der Waals surface area contributed by atoms with Gasteiger partial charge < -0.3 is 10.1 Å². The van der Waals surface area contributed by atoms with Gasteiger partial charge in [-0.15, -0.1) is 11.3 Å². The van der Waals surface area contributed by atoms with Gasteiger partial charge >= 0.3 is 5.97 Å². The number of ether oxygens (including phenoxy) is 1. The van der Waals surface area contributed by atoms with Crippen molar-refractivity contribution in [2.75, 3.05) is 19.0 Å². The lowest BCUT2D eigenvalue weighted by atomic mass is 10.3. The Morgan fingerprint density at radius 3 is 3.07 bits per heavy atom. The van der Waals surface area contributed by atoms with Crippen molar-refractivity contribution in [1.29, 1.82) is 0 Å². The lowest BCUT2D eigenvalue weighted by molar-refractivity contribution is 0.0607. The van der Waals surface area contributed by atoms with Crippen LogP contribution < -0.4 is 5.32 Å². The molecule has 0 aromatic carbocycles. The second-order valence-electron chi connectivity index (χ2n) is 3.61. The van der Waals surface area contributed by atoms with Crippen molar-refractivity contribution >= 4 is 45.6 Å². The van der Waals surface area contributed by atoms with E-state index < -0.39 is 0 Å². The first-order valence-corrected chi connectivity index (χ1v) is 6.71. The van der Waals surface area contributed by atoms with Gasteiger partial charge in [0.25, 0.3) is 0 Å². The zero-order chi connectivity index (χ0) is 10.8. The van der Waals surface area contributed by atoms with Gasteiger partial charge in [0.1, 0.15) is 4.88 Å². The van der Waals surface area contributed by atoms with E-state index in [9.17, 15) is 4.79 Å². The molecule has 1 aromatic heterocycles. The van der Waals surface area contributed by atoms with E-state index in [0.29, 0.717) is 4.88 Å². The van der Waals surface area contributed by atoms with Gasteiger partial charge in [0, 0.05) is 6.54 Å². The summed E-state index contributed by atoms with van der Waals surface area (Å²) in [4.78, 5) is 12.1. The molecule has 15 heavy (non-hydrogen) atoms. The van der Waals surface area contributed by atoms with Gasteiger partial charge in [-0.2, -0.15) is 0 Å². The molecule has 0 radical (unpaired) electrons. The number of nitrogens with one attached hydrogen (secondary N) is 1. The molecule has 0 spiro atoms. The Balaban J connectivity index is 2.09. The molecule has 1 aliphatic carbocycles. The van der Waals surface area contributed by atoms with E-state index in [1.807, 2.05) is 6.07 Å². The molecular weight excluding hydrogens is 325 g/mol. The van der Waals surface area contributed by atoms with Crippen LogP contribution in [0.15, 0.2) is 6.07 Å². The first kappa shape index (κ1) is 11.2. The van der Waals surface area contributed by atoms with Crippen LogP contribution in [0.4, 0.5) is 5.69 Å². The number of rotatable bonds is 4. The molecule has 82 valence electrons. The fourth-order valence-electron chi connectivity index (χ4n) is 1.31. The summed E-state index contributed by atoms with van der Waals surface area (Å²) in [6.07, 6.45) is 2.61. The summed E-state index contributed by atoms with van der Waals surface area (Å²) in [5, 5.41) is 3.32. The molecule has 1 saturated carbocycles. The second-order valence-corrected chi connectivity index (χ2v) is 6.56. The van der Waals surface area contributed by atoms with Crippen molar-refractivity contribution in [2.24, 2.45) is 5.92 Å². The molecule has 1 fully saturated rings. The van der Waals surface area contributed by atoms with Crippen LogP contribution in [-0.4, -0.2) is 19.6 Å². The van der Waals surface area contributed by atoms with Crippen LogP contribution in [-0.2, 0) is 4.74 Å². The van der Waals surface area contributed by atoms with E-state index in [-0.39, 0.29) is 5.97 Å². The molecule has 1 aromatic rings. The minimum atomic E-state index is -0.249. The molecule has 1 N–H and O–H groups in total. The minimum Gasteiger partial charge on any atom is -0.465 e. The fraction of sp³-hybridized carbons (Fsp3) is 0.500. The molecular formula is C10H12INO2S. The van der Waals surface area contributed by atoms with Crippen LogP contribution in [0, 0.1) is 8.80 Å². The topological polar surface area (TPSA) is 38.3 Å². The number of anilines is 1. The Labute approximate surface area is 106 Å². The highest BCUT2D eigenvalue weighted by Gasteiger charge is 2.22. The third-order valence-electron chi connectivity index (χ3n) is 2.35. The molecule has 0 bridgehead atoms. The van der Waals surface area contributed by atoms with Crippen LogP contribution in [0.25, 0.3) is 0 Å². The zero-order valence-electron chi connectivity index (χ0n) is 8.38. The maximum atomic E-state index is 11.5. The highest BCUT2D eigenvalue weighted by molar-refractivity contribution is 14.1. The third-order valence-corrected chi connectivity index (χ3v) is 4.23. The number of methoxy groups -OCH3 is 1. The lowest BCUT2D eigenvalue weighted by Crippen LogP contribution is -2.07. The monoisotopic (exact) mass is 337 g/mol. The first-order chi connectivity index (χ1) is 7.20. The standard InChI is InChI=1S/C10H12INO2S/c1-14-10(13)9-7(4-8(11)15-9)12-5-6-2-3-6/h4,6,12H,2-3,5H2,1H3. The predicted molar refractivity (Wildman–Crippen MR) is 69.6 cm³/mol. The Hall–Kier alpha value is -0.300. The molecule has 0 aliphatic heterocycles. The van der Waals surface area contributed by atoms with Crippen molar-refractivity contribution in [3.05, 3.63) is 13.8 Å². The summed E-state index contributed by atoms with van der Waals surface area (Å²) in [7, 11) is 1.42. The summed E-state index contributed by atoms with van der Waals surface area (Å²) in [5.41, 5.74) is 0.920. The van der Waals surface area contributed by atoms with Gasteiger partial charge in [-0.1, -0.05) is 0 Å². The number of hydrogen-bond acceptors (Lipinski definition) is 4. The molecule has 0 saturated heterocycles. The van der Waals surface area contributed by atoms with Gasteiger partial charge in [0.15, 0.2) is 0 Å². The number of hydrogen-bond donors (Lipinski definition) is 1. The smallest absolute Gasteiger partial charge is 0.350 e. The molecule has 3 nitrogen and oxygen atoms in total. The number of thiophene rings is 1. The fourth-order valence-corrected chi connectivity index (χ4v) is 3.06. The van der Waals surface area contributed by atoms with Gasteiger partial charge in [-0.3, -0.25) is 0 Å². The van der Waals surface area contributed by atoms with Gasteiger partial charge in [0.05, 0.1) is 15.7 Å².